The number of aromatic nitrogens is 3. The number of nitrogen functional groups attached to an aromatic ring is 1. The smallest absolute Gasteiger partial charge is 0.146 e. The van der Waals surface area contributed by atoms with E-state index in [0.29, 0.717) is 5.82 Å². The highest BCUT2D eigenvalue weighted by atomic mass is 15.1. The lowest BCUT2D eigenvalue weighted by molar-refractivity contribution is 0.408. The molecule has 0 aliphatic heterocycles. The molecule has 0 aromatic carbocycles. The van der Waals surface area contributed by atoms with Crippen LogP contribution >= 0.6 is 0 Å². The van der Waals surface area contributed by atoms with Crippen LogP contribution in [0.25, 0.3) is 11.0 Å². The summed E-state index contributed by atoms with van der Waals surface area (Å²) in [6.07, 6.45) is 3.59. The van der Waals surface area contributed by atoms with Crippen molar-refractivity contribution in [3.8, 4) is 0 Å². The number of hydrogen-bond donors (Lipinski definition) is 1. The third-order valence-electron chi connectivity index (χ3n) is 2.52. The summed E-state index contributed by atoms with van der Waals surface area (Å²) in [7, 11) is 0. The van der Waals surface area contributed by atoms with E-state index in [9.17, 15) is 0 Å². The molecule has 80 valence electrons. The van der Waals surface area contributed by atoms with Gasteiger partial charge in [-0.2, -0.15) is 0 Å². The first kappa shape index (κ1) is 9.96. The van der Waals surface area contributed by atoms with Crippen molar-refractivity contribution in [2.75, 3.05) is 5.73 Å². The van der Waals surface area contributed by atoms with Gasteiger partial charge in [-0.05, 0) is 33.3 Å². The van der Waals surface area contributed by atoms with Crippen LogP contribution in [0.4, 0.5) is 5.82 Å². The first-order valence-electron chi connectivity index (χ1n) is 5.00. The molecule has 0 aliphatic carbocycles. The molecule has 0 unspecified atom stereocenters. The van der Waals surface area contributed by atoms with Crippen LogP contribution in [0.3, 0.4) is 0 Å². The normalized spacial score (nSPS) is 12.3. The van der Waals surface area contributed by atoms with E-state index in [4.69, 9.17) is 5.73 Å². The molecule has 0 saturated carbocycles. The Morgan fingerprint density at radius 2 is 1.93 bits per heavy atom. The van der Waals surface area contributed by atoms with Crippen LogP contribution in [-0.4, -0.2) is 14.5 Å². The largest absolute Gasteiger partial charge is 0.383 e. The van der Waals surface area contributed by atoms with Gasteiger partial charge in [0.1, 0.15) is 17.8 Å². The summed E-state index contributed by atoms with van der Waals surface area (Å²) >= 11 is 0. The summed E-state index contributed by atoms with van der Waals surface area (Å²) in [6.45, 7) is 8.46. The molecule has 0 spiro atoms. The first-order chi connectivity index (χ1) is 6.91. The molecule has 4 nitrogen and oxygen atoms in total. The molecule has 0 amide bonds. The molecule has 0 saturated heterocycles. The van der Waals surface area contributed by atoms with E-state index in [0.717, 1.165) is 16.6 Å². The minimum atomic E-state index is 0.00725. The Hall–Kier alpha value is -1.58. The Bertz CT molecular complexity index is 505. The Kier molecular flexibility index (Phi) is 1.96. The molecule has 15 heavy (non-hydrogen) atoms. The highest BCUT2D eigenvalue weighted by Crippen LogP contribution is 2.27. The van der Waals surface area contributed by atoms with Crippen LogP contribution < -0.4 is 5.73 Å². The second-order valence-electron chi connectivity index (χ2n) is 4.81. The van der Waals surface area contributed by atoms with E-state index in [2.05, 4.69) is 41.5 Å². The highest BCUT2D eigenvalue weighted by molar-refractivity contribution is 5.89. The molecule has 0 aliphatic rings. The standard InChI is InChI=1S/C11H16N4/c1-7-5-15(11(2,3)4)10-8(7)9(12)13-6-14-10/h5-6H,1-4H3,(H2,12,13,14). The van der Waals surface area contributed by atoms with E-state index >= 15 is 0 Å². The Morgan fingerprint density at radius 1 is 1.27 bits per heavy atom. The van der Waals surface area contributed by atoms with Crippen molar-refractivity contribution in [2.45, 2.75) is 33.2 Å². The van der Waals surface area contributed by atoms with Crippen LogP contribution in [0.1, 0.15) is 26.3 Å². The van der Waals surface area contributed by atoms with Gasteiger partial charge in [0, 0.05) is 11.7 Å². The minimum Gasteiger partial charge on any atom is -0.383 e. The SMILES string of the molecule is Cc1cn(C(C)(C)C)c2ncnc(N)c12. The van der Waals surface area contributed by atoms with Gasteiger partial charge in [-0.3, -0.25) is 0 Å². The second kappa shape index (κ2) is 2.95. The predicted octanol–water partition coefficient (Wildman–Crippen LogP) is 2.08. The molecular formula is C11H16N4. The van der Waals surface area contributed by atoms with Crippen molar-refractivity contribution in [1.29, 1.82) is 0 Å². The molecule has 4 heteroatoms. The Balaban J connectivity index is 2.85. The fourth-order valence-electron chi connectivity index (χ4n) is 1.78. The fourth-order valence-corrected chi connectivity index (χ4v) is 1.78. The monoisotopic (exact) mass is 204 g/mol. The maximum Gasteiger partial charge on any atom is 0.146 e. The van der Waals surface area contributed by atoms with E-state index in [1.54, 1.807) is 0 Å². The lowest BCUT2D eigenvalue weighted by Gasteiger charge is -2.21. The summed E-state index contributed by atoms with van der Waals surface area (Å²) in [5.41, 5.74) is 7.89. The molecule has 2 N–H and O–H groups in total. The van der Waals surface area contributed by atoms with E-state index in [1.807, 2.05) is 6.92 Å². The number of nitrogens with two attached hydrogens (primary N) is 1. The highest BCUT2D eigenvalue weighted by Gasteiger charge is 2.19. The zero-order valence-electron chi connectivity index (χ0n) is 9.57. The Labute approximate surface area is 89.1 Å². The molecule has 2 aromatic heterocycles. The van der Waals surface area contributed by atoms with Crippen LogP contribution in [-0.2, 0) is 5.54 Å². The number of rotatable bonds is 0. The van der Waals surface area contributed by atoms with Gasteiger partial charge >= 0.3 is 0 Å². The average molecular weight is 204 g/mol. The first-order valence-corrected chi connectivity index (χ1v) is 5.00. The summed E-state index contributed by atoms with van der Waals surface area (Å²) < 4.78 is 2.13. The van der Waals surface area contributed by atoms with E-state index < -0.39 is 0 Å². The van der Waals surface area contributed by atoms with Crippen LogP contribution in [0.2, 0.25) is 0 Å². The molecule has 2 heterocycles. The summed E-state index contributed by atoms with van der Waals surface area (Å²) in [4.78, 5) is 8.32. The van der Waals surface area contributed by atoms with Gasteiger partial charge in [-0.25, -0.2) is 9.97 Å². The molecule has 0 bridgehead atoms. The van der Waals surface area contributed by atoms with Gasteiger partial charge in [0.2, 0.25) is 0 Å². The fraction of sp³-hybridized carbons (Fsp3) is 0.455. The third kappa shape index (κ3) is 1.46. The summed E-state index contributed by atoms with van der Waals surface area (Å²) in [6, 6.07) is 0. The Morgan fingerprint density at radius 3 is 2.53 bits per heavy atom. The quantitative estimate of drug-likeness (QED) is 0.714. The van der Waals surface area contributed by atoms with Crippen molar-refractivity contribution in [1.82, 2.24) is 14.5 Å². The number of hydrogen-bond acceptors (Lipinski definition) is 3. The van der Waals surface area contributed by atoms with Gasteiger partial charge in [-0.15, -0.1) is 0 Å². The lowest BCUT2D eigenvalue weighted by atomic mass is 10.1. The van der Waals surface area contributed by atoms with Crippen molar-refractivity contribution >= 4 is 16.9 Å². The molecule has 0 fully saturated rings. The summed E-state index contributed by atoms with van der Waals surface area (Å²) in [5.74, 6) is 0.556. The zero-order valence-corrected chi connectivity index (χ0v) is 9.57. The van der Waals surface area contributed by atoms with Crippen LogP contribution in [0.5, 0.6) is 0 Å². The third-order valence-corrected chi connectivity index (χ3v) is 2.52. The predicted molar refractivity (Wildman–Crippen MR) is 61.7 cm³/mol. The average Bonchev–Trinajstić information content (AvgIpc) is 2.44. The number of anilines is 1. The van der Waals surface area contributed by atoms with E-state index in [1.165, 1.54) is 6.33 Å². The van der Waals surface area contributed by atoms with Crippen molar-refractivity contribution < 1.29 is 0 Å². The van der Waals surface area contributed by atoms with Gasteiger partial charge in [0.15, 0.2) is 0 Å². The maximum absolute atomic E-state index is 5.85. The summed E-state index contributed by atoms with van der Waals surface area (Å²) in [5, 5.41) is 0.965. The zero-order chi connectivity index (χ0) is 11.2. The van der Waals surface area contributed by atoms with Gasteiger partial charge in [0.25, 0.3) is 0 Å². The maximum atomic E-state index is 5.85. The van der Waals surface area contributed by atoms with Crippen molar-refractivity contribution in [2.24, 2.45) is 0 Å². The number of fused-ring (bicyclic) bond motifs is 1. The molecule has 0 atom stereocenters. The molecule has 0 radical (unpaired) electrons. The molecule has 2 aromatic rings. The van der Waals surface area contributed by atoms with Crippen LogP contribution in [0.15, 0.2) is 12.5 Å². The molecule has 2 rings (SSSR count). The number of nitrogens with zero attached hydrogens (tertiary/aromatic N) is 3. The van der Waals surface area contributed by atoms with Crippen molar-refractivity contribution in [3.63, 3.8) is 0 Å². The second-order valence-corrected chi connectivity index (χ2v) is 4.81. The van der Waals surface area contributed by atoms with Gasteiger partial charge in [0.05, 0.1) is 5.39 Å². The van der Waals surface area contributed by atoms with Gasteiger partial charge < -0.3 is 10.3 Å². The lowest BCUT2D eigenvalue weighted by Crippen LogP contribution is -2.21. The van der Waals surface area contributed by atoms with Crippen molar-refractivity contribution in [3.05, 3.63) is 18.1 Å². The van der Waals surface area contributed by atoms with Crippen LogP contribution in [0, 0.1) is 6.92 Å². The minimum absolute atomic E-state index is 0.00725. The number of aryl methyl sites for hydroxylation is 1. The van der Waals surface area contributed by atoms with E-state index in [-0.39, 0.29) is 5.54 Å². The van der Waals surface area contributed by atoms with Gasteiger partial charge in [-0.1, -0.05) is 0 Å². The topological polar surface area (TPSA) is 56.7 Å². The molecular weight excluding hydrogens is 188 g/mol.